The summed E-state index contributed by atoms with van der Waals surface area (Å²) < 4.78 is 18.0. The van der Waals surface area contributed by atoms with E-state index in [1.54, 1.807) is 6.92 Å². The van der Waals surface area contributed by atoms with Crippen molar-refractivity contribution in [1.29, 1.82) is 0 Å². The lowest BCUT2D eigenvalue weighted by molar-refractivity contribution is -0.385. The molecule has 0 fully saturated rings. The lowest BCUT2D eigenvalue weighted by Gasteiger charge is -2.08. The lowest BCUT2D eigenvalue weighted by Crippen LogP contribution is -2.14. The van der Waals surface area contributed by atoms with Crippen molar-refractivity contribution in [3.05, 3.63) is 34.1 Å². The van der Waals surface area contributed by atoms with Gasteiger partial charge in [0.1, 0.15) is 5.82 Å². The van der Waals surface area contributed by atoms with Gasteiger partial charge in [-0.05, 0) is 6.07 Å². The molecule has 0 bridgehead atoms. The van der Waals surface area contributed by atoms with Gasteiger partial charge in [0.25, 0.3) is 5.69 Å². The van der Waals surface area contributed by atoms with Crippen molar-refractivity contribution in [2.24, 2.45) is 5.92 Å². The Bertz CT molecular complexity index is 466. The molecule has 1 aromatic carbocycles. The molecule has 1 rings (SSSR count). The highest BCUT2D eigenvalue weighted by Crippen LogP contribution is 2.27. The van der Waals surface area contributed by atoms with Crippen LogP contribution < -0.4 is 0 Å². The van der Waals surface area contributed by atoms with Crippen LogP contribution in [-0.4, -0.2) is 23.8 Å². The van der Waals surface area contributed by atoms with Crippen LogP contribution in [0.5, 0.6) is 0 Å². The largest absolute Gasteiger partial charge is 0.469 e. The second kappa shape index (κ2) is 6.34. The second-order valence-corrected chi connectivity index (χ2v) is 4.67. The van der Waals surface area contributed by atoms with Crippen LogP contribution in [0.15, 0.2) is 23.1 Å². The molecular weight excluding hydrogens is 261 g/mol. The van der Waals surface area contributed by atoms with E-state index in [0.29, 0.717) is 5.75 Å². The van der Waals surface area contributed by atoms with E-state index in [9.17, 15) is 19.3 Å². The number of thioether (sulfide) groups is 1. The first-order chi connectivity index (χ1) is 8.45. The monoisotopic (exact) mass is 273 g/mol. The first kappa shape index (κ1) is 14.4. The molecule has 0 saturated carbocycles. The molecule has 0 amide bonds. The number of carbonyl (C=O) groups excluding carboxylic acids is 1. The maximum absolute atomic E-state index is 13.5. The first-order valence-electron chi connectivity index (χ1n) is 5.10. The zero-order chi connectivity index (χ0) is 13.7. The number of halogens is 1. The summed E-state index contributed by atoms with van der Waals surface area (Å²) in [5, 5.41) is 10.4. The molecule has 0 aliphatic carbocycles. The van der Waals surface area contributed by atoms with E-state index in [1.807, 2.05) is 0 Å². The third-order valence-corrected chi connectivity index (χ3v) is 3.53. The van der Waals surface area contributed by atoms with Crippen molar-refractivity contribution in [1.82, 2.24) is 0 Å². The molecule has 0 aromatic heterocycles. The third kappa shape index (κ3) is 3.69. The minimum Gasteiger partial charge on any atom is -0.469 e. The number of ether oxygens (including phenoxy) is 1. The van der Waals surface area contributed by atoms with Gasteiger partial charge < -0.3 is 4.74 Å². The summed E-state index contributed by atoms with van der Waals surface area (Å²) in [5.74, 6) is -1.05. The molecule has 0 spiro atoms. The summed E-state index contributed by atoms with van der Waals surface area (Å²) in [7, 11) is 1.29. The van der Waals surface area contributed by atoms with Gasteiger partial charge in [0, 0.05) is 16.7 Å². The van der Waals surface area contributed by atoms with Crippen LogP contribution in [0, 0.1) is 21.8 Å². The van der Waals surface area contributed by atoms with Gasteiger partial charge in [-0.3, -0.25) is 14.9 Å². The molecule has 0 saturated heterocycles. The predicted octanol–water partition coefficient (Wildman–Crippen LogP) is 2.64. The van der Waals surface area contributed by atoms with Crippen molar-refractivity contribution < 1.29 is 18.8 Å². The highest BCUT2D eigenvalue weighted by atomic mass is 32.2. The molecule has 98 valence electrons. The number of esters is 1. The van der Waals surface area contributed by atoms with Gasteiger partial charge in [-0.15, -0.1) is 11.8 Å². The average Bonchev–Trinajstić information content (AvgIpc) is 2.35. The lowest BCUT2D eigenvalue weighted by atomic mass is 10.2. The maximum atomic E-state index is 13.5. The van der Waals surface area contributed by atoms with Crippen LogP contribution in [0.25, 0.3) is 0 Å². The van der Waals surface area contributed by atoms with E-state index in [-0.39, 0.29) is 22.5 Å². The predicted molar refractivity (Wildman–Crippen MR) is 65.0 cm³/mol. The normalized spacial score (nSPS) is 11.9. The van der Waals surface area contributed by atoms with Gasteiger partial charge in [-0.25, -0.2) is 4.39 Å². The fraction of sp³-hybridized carbons (Fsp3) is 0.364. The molecule has 0 aliphatic heterocycles. The molecule has 0 aliphatic rings. The minimum absolute atomic E-state index is 0.274. The summed E-state index contributed by atoms with van der Waals surface area (Å²) in [6.07, 6.45) is 0. The molecule has 0 N–H and O–H groups in total. The number of nitro benzene ring substituents is 1. The fourth-order valence-corrected chi connectivity index (χ4v) is 2.13. The quantitative estimate of drug-likeness (QED) is 0.357. The van der Waals surface area contributed by atoms with E-state index in [2.05, 4.69) is 4.74 Å². The molecule has 5 nitrogen and oxygen atoms in total. The van der Waals surface area contributed by atoms with E-state index >= 15 is 0 Å². The Morgan fingerprint density at radius 3 is 2.78 bits per heavy atom. The van der Waals surface area contributed by atoms with E-state index in [4.69, 9.17) is 0 Å². The van der Waals surface area contributed by atoms with Crippen LogP contribution in [0.4, 0.5) is 10.1 Å². The second-order valence-electron chi connectivity index (χ2n) is 3.61. The van der Waals surface area contributed by atoms with Gasteiger partial charge >= 0.3 is 5.97 Å². The Balaban J connectivity index is 2.69. The van der Waals surface area contributed by atoms with Crippen LogP contribution >= 0.6 is 11.8 Å². The van der Waals surface area contributed by atoms with Crippen LogP contribution in [-0.2, 0) is 9.53 Å². The zero-order valence-corrected chi connectivity index (χ0v) is 10.7. The number of methoxy groups -OCH3 is 1. The fourth-order valence-electron chi connectivity index (χ4n) is 1.20. The topological polar surface area (TPSA) is 69.4 Å². The number of non-ortho nitro benzene ring substituents is 1. The summed E-state index contributed by atoms with van der Waals surface area (Å²) >= 11 is 1.12. The Labute approximate surface area is 107 Å². The summed E-state index contributed by atoms with van der Waals surface area (Å²) in [6.45, 7) is 1.67. The Hall–Kier alpha value is -1.63. The standard InChI is InChI=1S/C11H12FNO4S/c1-7(11(14)17-2)6-18-10-4-3-8(13(15)16)5-9(10)12/h3-5,7H,6H2,1-2H3. The smallest absolute Gasteiger partial charge is 0.309 e. The van der Waals surface area contributed by atoms with Crippen LogP contribution in [0.1, 0.15) is 6.92 Å². The molecule has 0 heterocycles. The maximum Gasteiger partial charge on any atom is 0.309 e. The van der Waals surface area contributed by atoms with Crippen molar-refractivity contribution in [3.8, 4) is 0 Å². The Kier molecular flexibility index (Phi) is 5.08. The Morgan fingerprint density at radius 2 is 2.28 bits per heavy atom. The van der Waals surface area contributed by atoms with Gasteiger partial charge in [-0.1, -0.05) is 6.92 Å². The van der Waals surface area contributed by atoms with Crippen LogP contribution in [0.3, 0.4) is 0 Å². The van der Waals surface area contributed by atoms with Crippen molar-refractivity contribution in [3.63, 3.8) is 0 Å². The molecule has 1 unspecified atom stereocenters. The van der Waals surface area contributed by atoms with Crippen molar-refractivity contribution in [2.45, 2.75) is 11.8 Å². The van der Waals surface area contributed by atoms with Crippen LogP contribution in [0.2, 0.25) is 0 Å². The van der Waals surface area contributed by atoms with Crippen molar-refractivity contribution >= 4 is 23.4 Å². The molecular formula is C11H12FNO4S. The molecule has 1 atom stereocenters. The molecule has 1 aromatic rings. The number of carbonyl (C=O) groups is 1. The SMILES string of the molecule is COC(=O)C(C)CSc1ccc([N+](=O)[O-])cc1F. The van der Waals surface area contributed by atoms with E-state index in [0.717, 1.165) is 17.8 Å². The van der Waals surface area contributed by atoms with Crippen molar-refractivity contribution in [2.75, 3.05) is 12.9 Å². The highest BCUT2D eigenvalue weighted by molar-refractivity contribution is 7.99. The highest BCUT2D eigenvalue weighted by Gasteiger charge is 2.16. The first-order valence-corrected chi connectivity index (χ1v) is 6.08. The van der Waals surface area contributed by atoms with E-state index < -0.39 is 10.7 Å². The number of rotatable bonds is 5. The number of hydrogen-bond donors (Lipinski definition) is 0. The zero-order valence-electron chi connectivity index (χ0n) is 9.88. The van der Waals surface area contributed by atoms with Gasteiger partial charge in [0.05, 0.1) is 24.0 Å². The minimum atomic E-state index is -0.661. The van der Waals surface area contributed by atoms with Gasteiger partial charge in [-0.2, -0.15) is 0 Å². The van der Waals surface area contributed by atoms with Gasteiger partial charge in [0.2, 0.25) is 0 Å². The average molecular weight is 273 g/mol. The summed E-state index contributed by atoms with van der Waals surface area (Å²) in [4.78, 5) is 21.2. The van der Waals surface area contributed by atoms with Gasteiger partial charge in [0.15, 0.2) is 0 Å². The number of benzene rings is 1. The number of nitro groups is 1. The third-order valence-electron chi connectivity index (χ3n) is 2.22. The molecule has 7 heteroatoms. The van der Waals surface area contributed by atoms with E-state index in [1.165, 1.54) is 19.2 Å². The number of nitrogens with zero attached hydrogens (tertiary/aromatic N) is 1. The Morgan fingerprint density at radius 1 is 1.61 bits per heavy atom. The molecule has 18 heavy (non-hydrogen) atoms. The summed E-state index contributed by atoms with van der Waals surface area (Å²) in [6, 6.07) is 3.43. The number of hydrogen-bond acceptors (Lipinski definition) is 5. The summed E-state index contributed by atoms with van der Waals surface area (Å²) in [5.41, 5.74) is -0.294. The molecule has 0 radical (unpaired) electrons.